The molecule has 2 N–H and O–H groups in total. The number of nitrogens with two attached hydrogens (primary N) is 1. The molecular weight excluding hydrogens is 248 g/mol. The highest BCUT2D eigenvalue weighted by atomic mass is 35.5. The number of pyridine rings is 2. The molecular formula is C13H12ClN4+. The van der Waals surface area contributed by atoms with Crippen molar-refractivity contribution in [2.45, 2.75) is 6.54 Å². The number of anilines is 1. The molecule has 0 atom stereocenters. The van der Waals surface area contributed by atoms with Crippen LogP contribution in [0.3, 0.4) is 0 Å². The maximum atomic E-state index is 5.94. The number of halogens is 1. The second kappa shape index (κ2) is 4.31. The van der Waals surface area contributed by atoms with Crippen LogP contribution in [0.15, 0.2) is 48.9 Å². The second-order valence-corrected chi connectivity index (χ2v) is 4.53. The third-order valence-electron chi connectivity index (χ3n) is 2.77. The summed E-state index contributed by atoms with van der Waals surface area (Å²) < 4.78 is 3.86. The van der Waals surface area contributed by atoms with Crippen LogP contribution in [0.1, 0.15) is 5.69 Å². The summed E-state index contributed by atoms with van der Waals surface area (Å²) in [4.78, 5) is 4.52. The maximum absolute atomic E-state index is 5.94. The minimum absolute atomic E-state index is 0.645. The monoisotopic (exact) mass is 259 g/mol. The molecule has 0 amide bonds. The molecule has 0 unspecified atom stereocenters. The number of fused-ring (bicyclic) bond motifs is 1. The van der Waals surface area contributed by atoms with Gasteiger partial charge in [0.2, 0.25) is 0 Å². The van der Waals surface area contributed by atoms with Crippen LogP contribution in [0.5, 0.6) is 0 Å². The first-order valence-corrected chi connectivity index (χ1v) is 5.97. The van der Waals surface area contributed by atoms with E-state index in [1.54, 1.807) is 0 Å². The van der Waals surface area contributed by atoms with Crippen molar-refractivity contribution in [3.63, 3.8) is 0 Å². The van der Waals surface area contributed by atoms with Crippen LogP contribution >= 0.6 is 11.6 Å². The molecule has 4 nitrogen and oxygen atoms in total. The predicted octanol–water partition coefficient (Wildman–Crippen LogP) is 1.91. The predicted molar refractivity (Wildman–Crippen MR) is 70.4 cm³/mol. The SMILES string of the molecule is Nc1cccc[n+]1Cc1cn2cc(Cl)ccc2n1. The fraction of sp³-hybridized carbons (Fsp3) is 0.0769. The Morgan fingerprint density at radius 3 is 2.94 bits per heavy atom. The molecule has 0 fully saturated rings. The summed E-state index contributed by atoms with van der Waals surface area (Å²) >= 11 is 5.94. The lowest BCUT2D eigenvalue weighted by atomic mass is 10.4. The zero-order chi connectivity index (χ0) is 12.5. The van der Waals surface area contributed by atoms with Crippen molar-refractivity contribution in [2.75, 3.05) is 5.73 Å². The number of rotatable bonds is 2. The Balaban J connectivity index is 1.98. The van der Waals surface area contributed by atoms with Gasteiger partial charge < -0.3 is 4.40 Å². The third-order valence-corrected chi connectivity index (χ3v) is 3.00. The van der Waals surface area contributed by atoms with E-state index in [-0.39, 0.29) is 0 Å². The van der Waals surface area contributed by atoms with Crippen LogP contribution in [0.4, 0.5) is 5.82 Å². The Morgan fingerprint density at radius 2 is 2.11 bits per heavy atom. The van der Waals surface area contributed by atoms with Crippen LogP contribution in [-0.2, 0) is 6.54 Å². The van der Waals surface area contributed by atoms with E-state index in [1.807, 2.05) is 57.9 Å². The van der Waals surface area contributed by atoms with Gasteiger partial charge in [-0.25, -0.2) is 9.55 Å². The molecule has 0 aliphatic carbocycles. The first-order valence-electron chi connectivity index (χ1n) is 5.59. The van der Waals surface area contributed by atoms with Crippen molar-refractivity contribution < 1.29 is 4.57 Å². The minimum atomic E-state index is 0.645. The van der Waals surface area contributed by atoms with Gasteiger partial charge in [-0.3, -0.25) is 5.73 Å². The van der Waals surface area contributed by atoms with E-state index in [4.69, 9.17) is 17.3 Å². The summed E-state index contributed by atoms with van der Waals surface area (Å²) in [6, 6.07) is 9.45. The number of hydrogen-bond acceptors (Lipinski definition) is 2. The smallest absolute Gasteiger partial charge is 0.272 e. The summed E-state index contributed by atoms with van der Waals surface area (Å²) in [5, 5.41) is 0.693. The van der Waals surface area contributed by atoms with Crippen molar-refractivity contribution in [1.82, 2.24) is 9.38 Å². The molecule has 3 aromatic heterocycles. The van der Waals surface area contributed by atoms with Crippen molar-refractivity contribution in [1.29, 1.82) is 0 Å². The van der Waals surface area contributed by atoms with Crippen molar-refractivity contribution in [3.05, 3.63) is 59.6 Å². The Hall–Kier alpha value is -2.07. The number of nitrogen functional groups attached to an aromatic ring is 1. The van der Waals surface area contributed by atoms with E-state index >= 15 is 0 Å². The van der Waals surface area contributed by atoms with Crippen LogP contribution in [0.2, 0.25) is 5.02 Å². The average molecular weight is 260 g/mol. The molecule has 3 rings (SSSR count). The van der Waals surface area contributed by atoms with E-state index in [9.17, 15) is 0 Å². The van der Waals surface area contributed by atoms with E-state index in [2.05, 4.69) is 4.98 Å². The molecule has 0 aliphatic heterocycles. The van der Waals surface area contributed by atoms with E-state index < -0.39 is 0 Å². The molecule has 3 aromatic rings. The van der Waals surface area contributed by atoms with E-state index in [1.165, 1.54) is 0 Å². The Morgan fingerprint density at radius 1 is 1.22 bits per heavy atom. The fourth-order valence-electron chi connectivity index (χ4n) is 1.90. The van der Waals surface area contributed by atoms with Crippen molar-refractivity contribution in [3.8, 4) is 0 Å². The number of aromatic nitrogens is 3. The molecule has 0 saturated carbocycles. The van der Waals surface area contributed by atoms with Crippen molar-refractivity contribution >= 4 is 23.1 Å². The minimum Gasteiger partial charge on any atom is -0.305 e. The lowest BCUT2D eigenvalue weighted by Crippen LogP contribution is -2.37. The standard InChI is InChI=1S/C13H11ClN4/c14-10-4-5-13-16-11(9-18(13)7-10)8-17-6-2-1-3-12(17)15/h1-7,9,15H,8H2/p+1. The first kappa shape index (κ1) is 11.0. The summed E-state index contributed by atoms with van der Waals surface area (Å²) in [5.41, 5.74) is 7.72. The summed E-state index contributed by atoms with van der Waals surface area (Å²) in [6.07, 6.45) is 5.74. The second-order valence-electron chi connectivity index (χ2n) is 4.10. The molecule has 18 heavy (non-hydrogen) atoms. The van der Waals surface area contributed by atoms with E-state index in [0.717, 1.165) is 11.3 Å². The molecule has 0 aliphatic rings. The van der Waals surface area contributed by atoms with Gasteiger partial charge in [-0.05, 0) is 18.2 Å². The highest BCUT2D eigenvalue weighted by Crippen LogP contribution is 2.11. The van der Waals surface area contributed by atoms with Gasteiger partial charge in [0.15, 0.2) is 0 Å². The van der Waals surface area contributed by atoms with Gasteiger partial charge in [0.25, 0.3) is 5.82 Å². The molecule has 3 heterocycles. The maximum Gasteiger partial charge on any atom is 0.272 e. The molecule has 0 aromatic carbocycles. The summed E-state index contributed by atoms with van der Waals surface area (Å²) in [7, 11) is 0. The largest absolute Gasteiger partial charge is 0.305 e. The molecule has 90 valence electrons. The number of imidazole rings is 1. The molecule has 5 heteroatoms. The van der Waals surface area contributed by atoms with E-state index in [0.29, 0.717) is 17.4 Å². The van der Waals surface area contributed by atoms with Crippen LogP contribution in [0.25, 0.3) is 5.65 Å². The first-order chi connectivity index (χ1) is 8.72. The summed E-state index contributed by atoms with van der Waals surface area (Å²) in [5.74, 6) is 0.715. The zero-order valence-corrected chi connectivity index (χ0v) is 10.4. The Bertz CT molecular complexity index is 705. The van der Waals surface area contributed by atoms with Crippen LogP contribution < -0.4 is 10.3 Å². The van der Waals surface area contributed by atoms with Gasteiger partial charge in [-0.2, -0.15) is 0 Å². The normalized spacial score (nSPS) is 10.9. The van der Waals surface area contributed by atoms with Gasteiger partial charge >= 0.3 is 0 Å². The molecule has 0 radical (unpaired) electrons. The highest BCUT2D eigenvalue weighted by molar-refractivity contribution is 6.30. The third kappa shape index (κ3) is 2.02. The van der Waals surface area contributed by atoms with Gasteiger partial charge in [0.1, 0.15) is 17.9 Å². The van der Waals surface area contributed by atoms with Gasteiger partial charge in [-0.15, -0.1) is 0 Å². The Kier molecular flexibility index (Phi) is 2.64. The van der Waals surface area contributed by atoms with Gasteiger partial charge in [0, 0.05) is 18.5 Å². The van der Waals surface area contributed by atoms with Gasteiger partial charge in [0.05, 0.1) is 11.2 Å². The fourth-order valence-corrected chi connectivity index (χ4v) is 2.07. The zero-order valence-electron chi connectivity index (χ0n) is 9.62. The molecule has 0 saturated heterocycles. The Labute approximate surface area is 109 Å². The summed E-state index contributed by atoms with van der Waals surface area (Å²) in [6.45, 7) is 0.645. The van der Waals surface area contributed by atoms with Crippen LogP contribution in [0, 0.1) is 0 Å². The number of nitrogens with zero attached hydrogens (tertiary/aromatic N) is 3. The van der Waals surface area contributed by atoms with Crippen LogP contribution in [-0.4, -0.2) is 9.38 Å². The highest BCUT2D eigenvalue weighted by Gasteiger charge is 2.07. The molecule has 0 spiro atoms. The quantitative estimate of drug-likeness (QED) is 0.715. The average Bonchev–Trinajstić information content (AvgIpc) is 2.73. The lowest BCUT2D eigenvalue weighted by molar-refractivity contribution is -0.674. The topological polar surface area (TPSA) is 47.2 Å². The molecule has 0 bridgehead atoms. The number of hydrogen-bond donors (Lipinski definition) is 1. The lowest BCUT2D eigenvalue weighted by Gasteiger charge is -1.98. The van der Waals surface area contributed by atoms with Gasteiger partial charge in [-0.1, -0.05) is 17.7 Å². The van der Waals surface area contributed by atoms with Crippen molar-refractivity contribution in [2.24, 2.45) is 0 Å².